The van der Waals surface area contributed by atoms with Crippen LogP contribution in [0.5, 0.6) is 0 Å². The highest BCUT2D eigenvalue weighted by Gasteiger charge is 2.58. The van der Waals surface area contributed by atoms with Crippen LogP contribution >= 0.6 is 18.9 Å². The Labute approximate surface area is 388 Å². The number of likely N-dealkylation sites (tertiary alicyclic amines) is 1. The van der Waals surface area contributed by atoms with Crippen molar-refractivity contribution in [3.63, 3.8) is 0 Å². The maximum atomic E-state index is 16.2. The summed E-state index contributed by atoms with van der Waals surface area (Å²) in [7, 11) is -3.36. The summed E-state index contributed by atoms with van der Waals surface area (Å²) in [6.07, 6.45) is -5.61. The summed E-state index contributed by atoms with van der Waals surface area (Å²) in [5.41, 5.74) is 0.491. The highest BCUT2D eigenvalue weighted by molar-refractivity contribution is 7.57. The van der Waals surface area contributed by atoms with Gasteiger partial charge in [-0.25, -0.2) is 9.48 Å². The third-order valence-electron chi connectivity index (χ3n) is 13.5. The number of nitrogens with zero attached hydrogens (tertiary/aromatic N) is 3. The van der Waals surface area contributed by atoms with Gasteiger partial charge in [0.2, 0.25) is 17.7 Å². The van der Waals surface area contributed by atoms with Crippen molar-refractivity contribution < 1.29 is 63.7 Å². The Hall–Kier alpha value is -4.10. The van der Waals surface area contributed by atoms with Gasteiger partial charge < -0.3 is 29.3 Å². The molecule has 1 unspecified atom stereocenters. The van der Waals surface area contributed by atoms with E-state index in [0.717, 1.165) is 43.1 Å². The lowest BCUT2D eigenvalue weighted by Gasteiger charge is -2.41. The van der Waals surface area contributed by atoms with Crippen LogP contribution in [-0.2, 0) is 28.2 Å². The third-order valence-corrected chi connectivity index (χ3v) is 16.7. The van der Waals surface area contributed by atoms with E-state index < -0.39 is 80.8 Å². The molecule has 4 aliphatic rings. The fourth-order valence-corrected chi connectivity index (χ4v) is 12.7. The molecule has 1 spiro atoms. The first-order valence-electron chi connectivity index (χ1n) is 22.8. The molecule has 67 heavy (non-hydrogen) atoms. The molecule has 1 aromatic heterocycles. The third kappa shape index (κ3) is 12.0. The van der Waals surface area contributed by atoms with Crippen molar-refractivity contribution in [2.45, 2.75) is 144 Å². The van der Waals surface area contributed by atoms with E-state index in [0.29, 0.717) is 43.3 Å². The molecule has 3 saturated heterocycles. The summed E-state index contributed by atoms with van der Waals surface area (Å²) < 4.78 is 119. The zero-order chi connectivity index (χ0) is 48.5. The number of hydrogen-bond donors (Lipinski definition) is 2. The zero-order valence-electron chi connectivity index (χ0n) is 37.5. The lowest BCUT2D eigenvalue weighted by molar-refractivity contribution is -0.154. The maximum Gasteiger partial charge on any atom is 0.412 e. The van der Waals surface area contributed by atoms with E-state index >= 15 is 4.39 Å². The molecule has 1 aliphatic carbocycles. The Morgan fingerprint density at radius 3 is 2.40 bits per heavy atom. The molecule has 12 nitrogen and oxygen atoms in total. The van der Waals surface area contributed by atoms with Crippen LogP contribution in [0.2, 0.25) is 0 Å². The van der Waals surface area contributed by atoms with Crippen LogP contribution in [-0.4, -0.2) is 120 Å². The number of halogens is 7. The summed E-state index contributed by atoms with van der Waals surface area (Å²) in [4.78, 5) is 61.5. The fourth-order valence-electron chi connectivity index (χ4n) is 9.88. The first-order chi connectivity index (χ1) is 31.6. The monoisotopic (exact) mass is 987 g/mol. The fraction of sp³-hybridized carbons (Fsp3) is 0.609. The molecule has 1 saturated carbocycles. The number of nitrogens with one attached hydrogen (secondary N) is 2. The van der Waals surface area contributed by atoms with E-state index in [9.17, 15) is 50.1 Å². The molecule has 4 heterocycles. The first-order valence-corrected chi connectivity index (χ1v) is 25.3. The van der Waals surface area contributed by atoms with E-state index in [1.54, 1.807) is 18.9 Å². The van der Waals surface area contributed by atoms with Crippen molar-refractivity contribution in [1.29, 1.82) is 0 Å². The quantitative estimate of drug-likeness (QED) is 0.0770. The van der Waals surface area contributed by atoms with Gasteiger partial charge in [0.15, 0.2) is 6.61 Å². The molecule has 3 aliphatic heterocycles. The second-order valence-electron chi connectivity index (χ2n) is 18.4. The van der Waals surface area contributed by atoms with Gasteiger partial charge in [-0.1, -0.05) is 43.3 Å². The number of carbonyl (C=O) groups is 4. The molecule has 0 radical (unpaired) electrons. The van der Waals surface area contributed by atoms with Gasteiger partial charge >= 0.3 is 25.8 Å². The van der Waals surface area contributed by atoms with Crippen LogP contribution in [0, 0.1) is 0 Å². The van der Waals surface area contributed by atoms with Crippen molar-refractivity contribution in [1.82, 2.24) is 25.1 Å². The van der Waals surface area contributed by atoms with Crippen LogP contribution in [0.15, 0.2) is 54.6 Å². The van der Waals surface area contributed by atoms with Gasteiger partial charge in [-0.2, -0.15) is 26.3 Å². The Bertz CT molecular complexity index is 2310. The molecule has 3 aromatic rings. The highest BCUT2D eigenvalue weighted by Crippen LogP contribution is 2.59. The Kier molecular flexibility index (Phi) is 15.5. The number of fused-ring (bicyclic) bond motifs is 2. The second-order valence-corrected chi connectivity index (χ2v) is 21.7. The summed E-state index contributed by atoms with van der Waals surface area (Å²) in [6.45, 7) is 1.41. The molecule has 368 valence electrons. The smallest absolute Gasteiger partial charge is 0.412 e. The summed E-state index contributed by atoms with van der Waals surface area (Å²) in [6, 6.07) is 11.1. The summed E-state index contributed by atoms with van der Waals surface area (Å²) >= 11 is 0.985. The Morgan fingerprint density at radius 1 is 1.00 bits per heavy atom. The van der Waals surface area contributed by atoms with Gasteiger partial charge in [0.05, 0.1) is 11.5 Å². The van der Waals surface area contributed by atoms with Gasteiger partial charge in [0.1, 0.15) is 18.1 Å². The minimum atomic E-state index is -5.11. The number of hydrogen-bond acceptors (Lipinski definition) is 9. The first kappa shape index (κ1) is 50.8. The molecular formula is C46H57F7N5O7PS. The number of esters is 1. The Balaban J connectivity index is 1.12. The van der Waals surface area contributed by atoms with E-state index in [2.05, 4.69) is 27.1 Å². The van der Waals surface area contributed by atoms with Gasteiger partial charge in [-0.05, 0) is 119 Å². The largest absolute Gasteiger partial charge is 0.465 e. The lowest BCUT2D eigenvalue weighted by atomic mass is 9.93. The molecule has 7 rings (SSSR count). The van der Waals surface area contributed by atoms with Crippen molar-refractivity contribution in [2.24, 2.45) is 0 Å². The van der Waals surface area contributed by atoms with Crippen LogP contribution < -0.4 is 10.4 Å². The van der Waals surface area contributed by atoms with Crippen molar-refractivity contribution in [3.05, 3.63) is 70.6 Å². The van der Waals surface area contributed by atoms with Gasteiger partial charge in [0.25, 0.3) is 5.91 Å². The topological polar surface area (TPSA) is 138 Å². The average molecular weight is 988 g/mol. The average Bonchev–Trinajstić information content (AvgIpc) is 3.56. The van der Waals surface area contributed by atoms with Gasteiger partial charge in [0, 0.05) is 41.2 Å². The maximum absolute atomic E-state index is 16.2. The van der Waals surface area contributed by atoms with E-state index in [4.69, 9.17) is 4.74 Å². The van der Waals surface area contributed by atoms with Crippen LogP contribution in [0.1, 0.15) is 117 Å². The lowest BCUT2D eigenvalue weighted by Crippen LogP contribution is -2.59. The summed E-state index contributed by atoms with van der Waals surface area (Å²) in [5.74, 6) is -4.78. The molecule has 21 heteroatoms. The Morgan fingerprint density at radius 2 is 1.73 bits per heavy atom. The minimum absolute atomic E-state index is 0.0301. The predicted octanol–water partition coefficient (Wildman–Crippen LogP) is 9.41. The molecular weight excluding hydrogens is 931 g/mol. The molecule has 2 N–H and O–H groups in total. The zero-order valence-corrected chi connectivity index (χ0v) is 39.3. The molecule has 4 fully saturated rings. The van der Waals surface area contributed by atoms with Crippen LogP contribution in [0.4, 0.5) is 30.7 Å². The molecule has 2 aromatic carbocycles. The standard InChI is InChI=1S/C46H57F7N5O7PS/c1-4-21-64-43(62)28(2)55-66(63,65-27-46(51,52)53)39(47)30-11-16-37-31(22-30)23-38(67-37)40(59)54-35-14-12-33(56(3)20-8-17-45(48,49)50)24-34-13-15-36(58(34)41(35)60)42(61)57-26-32(25-44(57)18-19-44)29-9-6-5-7-10-29/h5-7,9-11,16,22-23,28,32-36,39H,4,8,12-15,17-21,24-27H2,1-3H3,(H,54,59)(H,55,63)/t28-,32+,33-,34+,35-,36-,39-,66?/m0/s1. The molecule has 3 amide bonds. The van der Waals surface area contributed by atoms with E-state index in [-0.39, 0.29) is 65.2 Å². The summed E-state index contributed by atoms with van der Waals surface area (Å²) in [5, 5.41) is 5.22. The SMILES string of the molecule is CCCOC(=O)[C@H](C)NP(=O)(OCC(F)(F)F)[C@H](F)c1ccc2sc(C(=O)N[C@H]3CC[C@H](N(C)CCCC(F)(F)F)C[C@H]4CC[C@@H](C(=O)N5C[C@H](c6ccccc6)CC56CC6)N4C3=O)cc2c1. The van der Waals surface area contributed by atoms with Gasteiger partial charge in [-0.15, -0.1) is 11.3 Å². The minimum Gasteiger partial charge on any atom is -0.465 e. The highest BCUT2D eigenvalue weighted by atomic mass is 32.1. The van der Waals surface area contributed by atoms with Crippen molar-refractivity contribution in [3.8, 4) is 0 Å². The molecule has 8 atom stereocenters. The number of thiophene rings is 1. The van der Waals surface area contributed by atoms with Crippen LogP contribution in [0.25, 0.3) is 10.1 Å². The van der Waals surface area contributed by atoms with Crippen LogP contribution in [0.3, 0.4) is 0 Å². The van der Waals surface area contributed by atoms with E-state index in [1.165, 1.54) is 24.3 Å². The number of amides is 3. The van der Waals surface area contributed by atoms with Gasteiger partial charge in [-0.3, -0.25) is 23.7 Å². The van der Waals surface area contributed by atoms with E-state index in [1.807, 2.05) is 28.0 Å². The predicted molar refractivity (Wildman–Crippen MR) is 237 cm³/mol. The number of carbonyl (C=O) groups excluding carboxylic acids is 4. The number of alkyl halides is 7. The number of ether oxygens (including phenoxy) is 1. The number of benzene rings is 2. The number of rotatable bonds is 17. The van der Waals surface area contributed by atoms with Crippen molar-refractivity contribution >= 4 is 52.6 Å². The molecule has 0 bridgehead atoms. The van der Waals surface area contributed by atoms with Crippen molar-refractivity contribution in [2.75, 3.05) is 33.4 Å². The second kappa shape index (κ2) is 20.5. The normalized spacial score (nSPS) is 24.8.